The van der Waals surface area contributed by atoms with Gasteiger partial charge in [-0.2, -0.15) is 0 Å². The van der Waals surface area contributed by atoms with Gasteiger partial charge >= 0.3 is 0 Å². The molecule has 6 heteroatoms. The Bertz CT molecular complexity index is 477. The number of nitrogens with two attached hydrogens (primary N) is 1. The van der Waals surface area contributed by atoms with Crippen LogP contribution in [0.3, 0.4) is 0 Å². The maximum atomic E-state index is 6.00. The molecule has 0 saturated carbocycles. The van der Waals surface area contributed by atoms with Crippen LogP contribution in [-0.4, -0.2) is 59.5 Å². The van der Waals surface area contributed by atoms with E-state index in [0.29, 0.717) is 17.8 Å². The van der Waals surface area contributed by atoms with Crippen LogP contribution in [0.25, 0.3) is 0 Å². The quantitative estimate of drug-likeness (QED) is 0.907. The van der Waals surface area contributed by atoms with Crippen molar-refractivity contribution >= 4 is 21.7 Å². The molecule has 1 aliphatic rings. The van der Waals surface area contributed by atoms with E-state index in [0.717, 1.165) is 42.0 Å². The minimum atomic E-state index is 0.334. The molecule has 2 heterocycles. The van der Waals surface area contributed by atoms with Crippen molar-refractivity contribution in [1.82, 2.24) is 19.8 Å². The lowest BCUT2D eigenvalue weighted by molar-refractivity contribution is 0.113. The lowest BCUT2D eigenvalue weighted by Crippen LogP contribution is -2.51. The molecule has 20 heavy (non-hydrogen) atoms. The summed E-state index contributed by atoms with van der Waals surface area (Å²) in [5.41, 5.74) is 7.00. The Morgan fingerprint density at radius 2 is 2.00 bits per heavy atom. The van der Waals surface area contributed by atoms with Crippen LogP contribution < -0.4 is 5.73 Å². The largest absolute Gasteiger partial charge is 0.383 e. The summed E-state index contributed by atoms with van der Waals surface area (Å²) in [7, 11) is 4.33. The van der Waals surface area contributed by atoms with E-state index in [1.165, 1.54) is 0 Å². The maximum absolute atomic E-state index is 6.00. The second-order valence-electron chi connectivity index (χ2n) is 5.98. The zero-order valence-electron chi connectivity index (χ0n) is 12.7. The van der Waals surface area contributed by atoms with Gasteiger partial charge < -0.3 is 15.5 Å². The van der Waals surface area contributed by atoms with Gasteiger partial charge in [0.05, 0.1) is 10.2 Å². The predicted octanol–water partition coefficient (Wildman–Crippen LogP) is 1.73. The molecule has 2 N–H and O–H groups in total. The number of hydrogen-bond donors (Lipinski definition) is 1. The third-order valence-corrected chi connectivity index (χ3v) is 4.71. The molecule has 0 aliphatic carbocycles. The second kappa shape index (κ2) is 6.37. The Morgan fingerprint density at radius 1 is 1.30 bits per heavy atom. The van der Waals surface area contributed by atoms with E-state index in [9.17, 15) is 0 Å². The van der Waals surface area contributed by atoms with Gasteiger partial charge in [-0.1, -0.05) is 13.8 Å². The smallest absolute Gasteiger partial charge is 0.141 e. The number of likely N-dealkylation sites (N-methyl/N-ethyl adjacent to an activating group) is 2. The summed E-state index contributed by atoms with van der Waals surface area (Å²) in [5, 5.41) is 0. The molecule has 5 nitrogen and oxygen atoms in total. The van der Waals surface area contributed by atoms with Crippen LogP contribution >= 0.6 is 15.9 Å². The van der Waals surface area contributed by atoms with Gasteiger partial charge in [-0.05, 0) is 35.9 Å². The number of piperazine rings is 1. The van der Waals surface area contributed by atoms with Gasteiger partial charge in [0.25, 0.3) is 0 Å². The summed E-state index contributed by atoms with van der Waals surface area (Å²) in [6.45, 7) is 7.50. The summed E-state index contributed by atoms with van der Waals surface area (Å²) in [6, 6.07) is 0.453. The third kappa shape index (κ3) is 3.48. The average Bonchev–Trinajstić information content (AvgIpc) is 2.37. The van der Waals surface area contributed by atoms with Crippen molar-refractivity contribution in [3.05, 3.63) is 16.0 Å². The number of rotatable bonds is 3. The summed E-state index contributed by atoms with van der Waals surface area (Å²) in [5.74, 6) is 1.73. The minimum Gasteiger partial charge on any atom is -0.383 e. The lowest BCUT2D eigenvalue weighted by atomic mass is 10.1. The number of nitrogen functional groups attached to an aromatic ring is 1. The van der Waals surface area contributed by atoms with E-state index in [1.54, 1.807) is 0 Å². The molecular weight excluding hydrogens is 318 g/mol. The Hall–Kier alpha value is -0.720. The fourth-order valence-electron chi connectivity index (χ4n) is 2.54. The molecule has 0 spiro atoms. The zero-order chi connectivity index (χ0) is 14.9. The van der Waals surface area contributed by atoms with Crippen LogP contribution in [0.1, 0.15) is 31.3 Å². The van der Waals surface area contributed by atoms with E-state index in [4.69, 9.17) is 10.7 Å². The minimum absolute atomic E-state index is 0.334. The highest BCUT2D eigenvalue weighted by Gasteiger charge is 2.24. The van der Waals surface area contributed by atoms with Gasteiger partial charge in [0.2, 0.25) is 0 Å². The summed E-state index contributed by atoms with van der Waals surface area (Å²) in [6.07, 6.45) is 0.845. The molecule has 1 unspecified atom stereocenters. The van der Waals surface area contributed by atoms with Crippen molar-refractivity contribution in [2.75, 3.05) is 39.5 Å². The summed E-state index contributed by atoms with van der Waals surface area (Å²) < 4.78 is 0.838. The Balaban J connectivity index is 2.20. The molecule has 1 fully saturated rings. The van der Waals surface area contributed by atoms with Crippen molar-refractivity contribution in [2.45, 2.75) is 32.2 Å². The monoisotopic (exact) mass is 341 g/mol. The third-order valence-electron chi connectivity index (χ3n) is 3.89. The van der Waals surface area contributed by atoms with E-state index in [-0.39, 0.29) is 0 Å². The Morgan fingerprint density at radius 3 is 2.65 bits per heavy atom. The Labute approximate surface area is 129 Å². The van der Waals surface area contributed by atoms with Gasteiger partial charge in [-0.3, -0.25) is 0 Å². The van der Waals surface area contributed by atoms with Crippen LogP contribution in [0.4, 0.5) is 5.82 Å². The molecule has 1 aromatic heterocycles. The van der Waals surface area contributed by atoms with Crippen molar-refractivity contribution < 1.29 is 0 Å². The number of hydrogen-bond acceptors (Lipinski definition) is 5. The summed E-state index contributed by atoms with van der Waals surface area (Å²) >= 11 is 3.49. The first-order valence-corrected chi connectivity index (χ1v) is 7.88. The first-order valence-electron chi connectivity index (χ1n) is 7.09. The molecule has 1 saturated heterocycles. The number of halogens is 1. The first-order chi connectivity index (χ1) is 9.38. The van der Waals surface area contributed by atoms with E-state index >= 15 is 0 Å². The fraction of sp³-hybridized carbons (Fsp3) is 0.714. The molecule has 1 aliphatic heterocycles. The van der Waals surface area contributed by atoms with Crippen molar-refractivity contribution in [2.24, 2.45) is 0 Å². The van der Waals surface area contributed by atoms with E-state index < -0.39 is 0 Å². The van der Waals surface area contributed by atoms with Crippen molar-refractivity contribution in [3.63, 3.8) is 0 Å². The predicted molar refractivity (Wildman–Crippen MR) is 85.9 cm³/mol. The van der Waals surface area contributed by atoms with Gasteiger partial charge in [0.15, 0.2) is 0 Å². The van der Waals surface area contributed by atoms with E-state index in [2.05, 4.69) is 58.7 Å². The fourth-order valence-corrected chi connectivity index (χ4v) is 3.17. The van der Waals surface area contributed by atoms with Crippen LogP contribution in [0, 0.1) is 0 Å². The SMILES string of the molecule is CC(C)c1nc(CC2CN(C)CCN2C)nc(N)c1Br. The highest BCUT2D eigenvalue weighted by molar-refractivity contribution is 9.10. The van der Waals surface area contributed by atoms with Gasteiger partial charge in [0, 0.05) is 32.1 Å². The van der Waals surface area contributed by atoms with Crippen molar-refractivity contribution in [1.29, 1.82) is 0 Å². The molecule has 112 valence electrons. The topological polar surface area (TPSA) is 58.3 Å². The molecule has 0 aromatic carbocycles. The van der Waals surface area contributed by atoms with E-state index in [1.807, 2.05) is 0 Å². The van der Waals surface area contributed by atoms with Crippen LogP contribution in [0.2, 0.25) is 0 Å². The van der Waals surface area contributed by atoms with Gasteiger partial charge in [-0.15, -0.1) is 0 Å². The summed E-state index contributed by atoms with van der Waals surface area (Å²) in [4.78, 5) is 13.9. The molecule has 0 radical (unpaired) electrons. The maximum Gasteiger partial charge on any atom is 0.141 e. The molecule has 1 atom stereocenters. The van der Waals surface area contributed by atoms with Crippen LogP contribution in [0.5, 0.6) is 0 Å². The average molecular weight is 342 g/mol. The lowest BCUT2D eigenvalue weighted by Gasteiger charge is -2.37. The molecular formula is C14H24BrN5. The molecule has 1 aromatic rings. The first kappa shape index (κ1) is 15.7. The number of anilines is 1. The normalized spacial score (nSPS) is 21.6. The molecule has 2 rings (SSSR count). The number of aromatic nitrogens is 2. The van der Waals surface area contributed by atoms with Gasteiger partial charge in [0.1, 0.15) is 11.6 Å². The molecule has 0 bridgehead atoms. The standard InChI is InChI=1S/C14H24BrN5/c1-9(2)13-12(15)14(16)18-11(17-13)7-10-8-19(3)5-6-20(10)4/h9-10H,5-8H2,1-4H3,(H2,16,17,18). The zero-order valence-corrected chi connectivity index (χ0v) is 14.3. The second-order valence-corrected chi connectivity index (χ2v) is 6.77. The Kier molecular flexibility index (Phi) is 4.99. The van der Waals surface area contributed by atoms with Crippen LogP contribution in [-0.2, 0) is 6.42 Å². The number of nitrogens with zero attached hydrogens (tertiary/aromatic N) is 4. The molecule has 0 amide bonds. The highest BCUT2D eigenvalue weighted by Crippen LogP contribution is 2.27. The van der Waals surface area contributed by atoms with Gasteiger partial charge in [-0.25, -0.2) is 9.97 Å². The van der Waals surface area contributed by atoms with Crippen molar-refractivity contribution in [3.8, 4) is 0 Å². The highest BCUT2D eigenvalue weighted by atomic mass is 79.9. The van der Waals surface area contributed by atoms with Crippen LogP contribution in [0.15, 0.2) is 4.47 Å².